The van der Waals surface area contributed by atoms with Gasteiger partial charge in [-0.1, -0.05) is 23.4 Å². The van der Waals surface area contributed by atoms with Crippen molar-refractivity contribution in [1.82, 2.24) is 20.6 Å². The van der Waals surface area contributed by atoms with Crippen molar-refractivity contribution in [3.05, 3.63) is 16.9 Å². The van der Waals surface area contributed by atoms with Gasteiger partial charge in [0.15, 0.2) is 10.9 Å². The molecule has 0 saturated carbocycles. The van der Waals surface area contributed by atoms with Gasteiger partial charge in [-0.25, -0.2) is 9.97 Å². The van der Waals surface area contributed by atoms with Crippen LogP contribution in [0.2, 0.25) is 5.02 Å². The summed E-state index contributed by atoms with van der Waals surface area (Å²) in [5.74, 6) is -0.334. The van der Waals surface area contributed by atoms with Gasteiger partial charge in [0.2, 0.25) is 5.91 Å². The molecule has 1 fully saturated rings. The number of amides is 2. The Morgan fingerprint density at radius 1 is 1.63 bits per heavy atom. The molecule has 1 unspecified atom stereocenters. The number of carbonyl (C=O) groups is 2. The number of nitrogens with one attached hydrogen (secondary N) is 2. The monoisotopic (exact) mass is 300 g/mol. The van der Waals surface area contributed by atoms with E-state index in [1.54, 1.807) is 0 Å². The second-order valence-electron chi connectivity index (χ2n) is 4.07. The minimum atomic E-state index is -0.344. The summed E-state index contributed by atoms with van der Waals surface area (Å²) in [6.45, 7) is 0.433. The first-order valence-corrected chi connectivity index (χ1v) is 7.34. The van der Waals surface area contributed by atoms with Crippen LogP contribution in [-0.2, 0) is 4.79 Å². The van der Waals surface area contributed by atoms with Crippen LogP contribution in [0.15, 0.2) is 11.4 Å². The third-order valence-corrected chi connectivity index (χ3v) is 3.56. The highest BCUT2D eigenvalue weighted by atomic mass is 35.5. The SMILES string of the molecule is CSc1ncc(Cl)c(C(=O)NC2CCC(=O)NC2)n1. The predicted molar refractivity (Wildman–Crippen MR) is 72.3 cm³/mol. The summed E-state index contributed by atoms with van der Waals surface area (Å²) in [7, 11) is 0. The highest BCUT2D eigenvalue weighted by molar-refractivity contribution is 7.98. The van der Waals surface area contributed by atoms with Gasteiger partial charge >= 0.3 is 0 Å². The standard InChI is InChI=1S/C11H13ClN4O2S/c1-19-11-14-5-7(12)9(16-11)10(18)15-6-2-3-8(17)13-4-6/h5-6H,2-4H2,1H3,(H,13,17)(H,15,18). The minimum absolute atomic E-state index is 0.00948. The molecule has 0 bridgehead atoms. The molecule has 0 radical (unpaired) electrons. The largest absolute Gasteiger partial charge is 0.354 e. The molecular weight excluding hydrogens is 288 g/mol. The van der Waals surface area contributed by atoms with E-state index in [0.717, 1.165) is 0 Å². The minimum Gasteiger partial charge on any atom is -0.354 e. The van der Waals surface area contributed by atoms with E-state index in [2.05, 4.69) is 20.6 Å². The molecule has 1 aromatic heterocycles. The molecule has 1 aliphatic heterocycles. The average molecular weight is 301 g/mol. The van der Waals surface area contributed by atoms with Crippen LogP contribution < -0.4 is 10.6 Å². The van der Waals surface area contributed by atoms with Gasteiger partial charge in [0.1, 0.15) is 0 Å². The predicted octanol–water partition coefficient (Wildman–Crippen LogP) is 0.860. The summed E-state index contributed by atoms with van der Waals surface area (Å²) in [5, 5.41) is 6.22. The fraction of sp³-hybridized carbons (Fsp3) is 0.455. The van der Waals surface area contributed by atoms with Crippen molar-refractivity contribution in [3.63, 3.8) is 0 Å². The number of piperidine rings is 1. The number of halogens is 1. The summed E-state index contributed by atoms with van der Waals surface area (Å²) in [4.78, 5) is 31.2. The summed E-state index contributed by atoms with van der Waals surface area (Å²) < 4.78 is 0. The van der Waals surface area contributed by atoms with Gasteiger partial charge in [-0.3, -0.25) is 9.59 Å². The van der Waals surface area contributed by atoms with Gasteiger partial charge in [0.05, 0.1) is 11.2 Å². The number of thioether (sulfide) groups is 1. The van der Waals surface area contributed by atoms with E-state index in [4.69, 9.17) is 11.6 Å². The first-order chi connectivity index (χ1) is 9.10. The highest BCUT2D eigenvalue weighted by Crippen LogP contribution is 2.16. The van der Waals surface area contributed by atoms with Crippen LogP contribution in [0, 0.1) is 0 Å². The van der Waals surface area contributed by atoms with Gasteiger partial charge in [-0.05, 0) is 12.7 Å². The van der Waals surface area contributed by atoms with Crippen LogP contribution in [0.5, 0.6) is 0 Å². The topological polar surface area (TPSA) is 84.0 Å². The Labute approximate surface area is 119 Å². The lowest BCUT2D eigenvalue weighted by molar-refractivity contribution is -0.122. The molecule has 0 aromatic carbocycles. The molecule has 1 aromatic rings. The van der Waals surface area contributed by atoms with Crippen LogP contribution in [0.4, 0.5) is 0 Å². The van der Waals surface area contributed by atoms with E-state index in [-0.39, 0.29) is 28.6 Å². The van der Waals surface area contributed by atoms with Crippen molar-refractivity contribution in [3.8, 4) is 0 Å². The number of carbonyl (C=O) groups excluding carboxylic acids is 2. The van der Waals surface area contributed by atoms with Crippen LogP contribution in [0.25, 0.3) is 0 Å². The number of hydrogen-bond acceptors (Lipinski definition) is 5. The maximum Gasteiger partial charge on any atom is 0.271 e. The Balaban J connectivity index is 2.05. The maximum absolute atomic E-state index is 12.1. The molecule has 0 aliphatic carbocycles. The van der Waals surface area contributed by atoms with Crippen LogP contribution in [-0.4, -0.2) is 40.6 Å². The fourth-order valence-electron chi connectivity index (χ4n) is 1.72. The zero-order chi connectivity index (χ0) is 13.8. The Hall–Kier alpha value is -1.34. The zero-order valence-corrected chi connectivity index (χ0v) is 11.8. The Morgan fingerprint density at radius 3 is 3.05 bits per heavy atom. The Bertz CT molecular complexity index is 501. The number of nitrogens with zero attached hydrogens (tertiary/aromatic N) is 2. The summed E-state index contributed by atoms with van der Waals surface area (Å²) in [5.41, 5.74) is 0.165. The lowest BCUT2D eigenvalue weighted by Gasteiger charge is -2.23. The second kappa shape index (κ2) is 6.21. The lowest BCUT2D eigenvalue weighted by atomic mass is 10.1. The van der Waals surface area contributed by atoms with Crippen molar-refractivity contribution < 1.29 is 9.59 Å². The maximum atomic E-state index is 12.1. The average Bonchev–Trinajstić information content (AvgIpc) is 2.42. The first-order valence-electron chi connectivity index (χ1n) is 5.74. The van der Waals surface area contributed by atoms with Gasteiger partial charge in [0.25, 0.3) is 5.91 Å². The third kappa shape index (κ3) is 3.57. The smallest absolute Gasteiger partial charge is 0.271 e. The summed E-state index contributed by atoms with van der Waals surface area (Å²) in [6.07, 6.45) is 4.27. The van der Waals surface area contributed by atoms with Gasteiger partial charge in [-0.2, -0.15) is 0 Å². The normalized spacial score (nSPS) is 18.8. The molecule has 2 N–H and O–H groups in total. The highest BCUT2D eigenvalue weighted by Gasteiger charge is 2.22. The summed E-state index contributed by atoms with van der Waals surface area (Å²) in [6, 6.07) is -0.0889. The second-order valence-corrected chi connectivity index (χ2v) is 5.25. The zero-order valence-electron chi connectivity index (χ0n) is 10.3. The Kier molecular flexibility index (Phi) is 4.60. The van der Waals surface area contributed by atoms with E-state index in [1.165, 1.54) is 18.0 Å². The molecule has 1 atom stereocenters. The molecule has 2 rings (SSSR count). The van der Waals surface area contributed by atoms with Crippen molar-refractivity contribution in [1.29, 1.82) is 0 Å². The van der Waals surface area contributed by atoms with Crippen molar-refractivity contribution >= 4 is 35.2 Å². The molecule has 0 spiro atoms. The Morgan fingerprint density at radius 2 is 2.42 bits per heavy atom. The molecule has 2 heterocycles. The van der Waals surface area contributed by atoms with E-state index < -0.39 is 0 Å². The molecule has 19 heavy (non-hydrogen) atoms. The quantitative estimate of drug-likeness (QED) is 0.639. The van der Waals surface area contributed by atoms with Gasteiger partial charge in [-0.15, -0.1) is 0 Å². The molecule has 1 saturated heterocycles. The molecule has 6 nitrogen and oxygen atoms in total. The molecule has 8 heteroatoms. The first kappa shape index (κ1) is 14.1. The van der Waals surface area contributed by atoms with Crippen LogP contribution in [0.3, 0.4) is 0 Å². The van der Waals surface area contributed by atoms with E-state index in [0.29, 0.717) is 24.5 Å². The van der Waals surface area contributed by atoms with Gasteiger partial charge < -0.3 is 10.6 Å². The van der Waals surface area contributed by atoms with Crippen molar-refractivity contribution in [2.75, 3.05) is 12.8 Å². The third-order valence-electron chi connectivity index (χ3n) is 2.72. The molecule has 102 valence electrons. The van der Waals surface area contributed by atoms with Crippen LogP contribution >= 0.6 is 23.4 Å². The number of aromatic nitrogens is 2. The number of rotatable bonds is 3. The van der Waals surface area contributed by atoms with Crippen molar-refractivity contribution in [2.45, 2.75) is 24.0 Å². The fourth-order valence-corrected chi connectivity index (χ4v) is 2.24. The van der Waals surface area contributed by atoms with E-state index in [9.17, 15) is 9.59 Å². The van der Waals surface area contributed by atoms with Crippen molar-refractivity contribution in [2.24, 2.45) is 0 Å². The van der Waals surface area contributed by atoms with E-state index >= 15 is 0 Å². The van der Waals surface area contributed by atoms with Crippen LogP contribution in [0.1, 0.15) is 23.3 Å². The molecule has 2 amide bonds. The number of hydrogen-bond donors (Lipinski definition) is 2. The van der Waals surface area contributed by atoms with Gasteiger partial charge in [0, 0.05) is 19.0 Å². The van der Waals surface area contributed by atoms with E-state index in [1.807, 2.05) is 6.26 Å². The molecular formula is C11H13ClN4O2S. The molecule has 1 aliphatic rings. The summed E-state index contributed by atoms with van der Waals surface area (Å²) >= 11 is 7.26. The lowest BCUT2D eigenvalue weighted by Crippen LogP contribution is -2.47.